The third-order valence-electron chi connectivity index (χ3n) is 3.81. The maximum Gasteiger partial charge on any atom is 0.130 e. The number of aromatic nitrogens is 4. The van der Waals surface area contributed by atoms with Gasteiger partial charge in [-0.05, 0) is 32.4 Å². The van der Waals surface area contributed by atoms with Crippen LogP contribution >= 0.6 is 11.6 Å². The molecule has 2 rings (SSSR count). The van der Waals surface area contributed by atoms with Gasteiger partial charge in [0, 0.05) is 19.7 Å². The summed E-state index contributed by atoms with van der Waals surface area (Å²) in [6.07, 6.45) is 1.76. The van der Waals surface area contributed by atoms with Crippen molar-refractivity contribution in [1.29, 1.82) is 0 Å². The van der Waals surface area contributed by atoms with E-state index >= 15 is 0 Å². The van der Waals surface area contributed by atoms with Crippen LogP contribution in [0.5, 0.6) is 0 Å². The lowest BCUT2D eigenvalue weighted by atomic mass is 10.0. The number of likely N-dealkylation sites (N-methyl/N-ethyl adjacent to an activating group) is 1. The highest BCUT2D eigenvalue weighted by molar-refractivity contribution is 6.30. The zero-order valence-electron chi connectivity index (χ0n) is 13.4. The summed E-state index contributed by atoms with van der Waals surface area (Å²) in [5, 5.41) is 13.2. The third kappa shape index (κ3) is 3.30. The van der Waals surface area contributed by atoms with Crippen LogP contribution in [0.4, 0.5) is 0 Å². The lowest BCUT2D eigenvalue weighted by Crippen LogP contribution is -2.25. The van der Waals surface area contributed by atoms with E-state index in [0.717, 1.165) is 36.3 Å². The highest BCUT2D eigenvalue weighted by Crippen LogP contribution is 2.26. The van der Waals surface area contributed by atoms with Gasteiger partial charge in [0.15, 0.2) is 0 Å². The fraction of sp³-hybridized carbons (Fsp3) is 0.600. The Labute approximate surface area is 131 Å². The Balaban J connectivity index is 2.32. The molecule has 0 radical (unpaired) electrons. The molecular weight excluding hydrogens is 286 g/mol. The van der Waals surface area contributed by atoms with Crippen molar-refractivity contribution in [2.24, 2.45) is 14.1 Å². The van der Waals surface area contributed by atoms with E-state index in [1.165, 1.54) is 5.69 Å². The van der Waals surface area contributed by atoms with Gasteiger partial charge in [0.1, 0.15) is 5.15 Å². The highest BCUT2D eigenvalue weighted by Gasteiger charge is 2.21. The van der Waals surface area contributed by atoms with Gasteiger partial charge < -0.3 is 5.32 Å². The molecule has 0 amide bonds. The number of rotatable bonds is 6. The second-order valence-corrected chi connectivity index (χ2v) is 5.69. The van der Waals surface area contributed by atoms with Crippen molar-refractivity contribution in [3.8, 4) is 0 Å². The summed E-state index contributed by atoms with van der Waals surface area (Å²) < 4.78 is 3.70. The molecule has 0 saturated heterocycles. The Morgan fingerprint density at radius 3 is 2.43 bits per heavy atom. The van der Waals surface area contributed by atoms with E-state index in [1.807, 2.05) is 25.7 Å². The van der Waals surface area contributed by atoms with Crippen LogP contribution in [0.15, 0.2) is 6.07 Å². The predicted molar refractivity (Wildman–Crippen MR) is 85.7 cm³/mol. The summed E-state index contributed by atoms with van der Waals surface area (Å²) in [6, 6.07) is 2.36. The van der Waals surface area contributed by atoms with Crippen molar-refractivity contribution < 1.29 is 0 Å². The molecule has 2 aromatic heterocycles. The molecule has 1 unspecified atom stereocenters. The van der Waals surface area contributed by atoms with E-state index in [-0.39, 0.29) is 6.04 Å². The molecule has 2 heterocycles. The third-order valence-corrected chi connectivity index (χ3v) is 4.29. The summed E-state index contributed by atoms with van der Waals surface area (Å²) >= 11 is 6.37. The van der Waals surface area contributed by atoms with Crippen molar-refractivity contribution >= 4 is 11.6 Å². The summed E-state index contributed by atoms with van der Waals surface area (Å²) in [4.78, 5) is 0. The first-order valence-electron chi connectivity index (χ1n) is 7.42. The summed E-state index contributed by atoms with van der Waals surface area (Å²) in [5.74, 6) is 0. The molecule has 21 heavy (non-hydrogen) atoms. The van der Waals surface area contributed by atoms with E-state index in [2.05, 4.69) is 35.4 Å². The van der Waals surface area contributed by atoms with Gasteiger partial charge in [-0.1, -0.05) is 25.4 Å². The highest BCUT2D eigenvalue weighted by atomic mass is 35.5. The van der Waals surface area contributed by atoms with Crippen LogP contribution in [0, 0.1) is 6.92 Å². The Hall–Kier alpha value is -1.33. The number of hydrogen-bond donors (Lipinski definition) is 1. The molecule has 2 aromatic rings. The predicted octanol–water partition coefficient (Wildman–Crippen LogP) is 2.57. The van der Waals surface area contributed by atoms with E-state index in [4.69, 9.17) is 11.6 Å². The smallest absolute Gasteiger partial charge is 0.130 e. The number of hydrogen-bond acceptors (Lipinski definition) is 3. The monoisotopic (exact) mass is 309 g/mol. The van der Waals surface area contributed by atoms with Crippen LogP contribution in [-0.2, 0) is 26.9 Å². The molecule has 0 aliphatic rings. The molecule has 6 heteroatoms. The largest absolute Gasteiger partial charge is 0.309 e. The molecule has 1 N–H and O–H groups in total. The maximum absolute atomic E-state index is 6.37. The van der Waals surface area contributed by atoms with Gasteiger partial charge in [-0.15, -0.1) is 0 Å². The SMILES string of the molecule is CCNC(Cc1c(C)nn(C)c1Cl)c1cc(CC)nn1C. The maximum atomic E-state index is 6.37. The molecule has 1 atom stereocenters. The first-order valence-corrected chi connectivity index (χ1v) is 7.79. The fourth-order valence-corrected chi connectivity index (χ4v) is 2.93. The van der Waals surface area contributed by atoms with Crippen molar-refractivity contribution in [3.63, 3.8) is 0 Å². The molecule has 0 fully saturated rings. The molecule has 0 bridgehead atoms. The lowest BCUT2D eigenvalue weighted by Gasteiger charge is -2.18. The summed E-state index contributed by atoms with van der Waals surface area (Å²) in [7, 11) is 3.87. The Morgan fingerprint density at radius 2 is 1.95 bits per heavy atom. The molecule has 116 valence electrons. The lowest BCUT2D eigenvalue weighted by molar-refractivity contribution is 0.506. The van der Waals surface area contributed by atoms with Crippen LogP contribution in [-0.4, -0.2) is 26.1 Å². The van der Waals surface area contributed by atoms with Gasteiger partial charge in [-0.25, -0.2) is 0 Å². The molecule has 0 aliphatic heterocycles. The van der Waals surface area contributed by atoms with Crippen LogP contribution in [0.25, 0.3) is 0 Å². The van der Waals surface area contributed by atoms with Crippen LogP contribution in [0.2, 0.25) is 5.15 Å². The minimum Gasteiger partial charge on any atom is -0.309 e. The first-order chi connectivity index (χ1) is 9.97. The average Bonchev–Trinajstić information content (AvgIpc) is 2.93. The zero-order chi connectivity index (χ0) is 15.6. The minimum absolute atomic E-state index is 0.188. The van der Waals surface area contributed by atoms with Gasteiger partial charge in [0.25, 0.3) is 0 Å². The van der Waals surface area contributed by atoms with Crippen molar-refractivity contribution in [2.45, 2.75) is 39.7 Å². The number of halogens is 1. The van der Waals surface area contributed by atoms with E-state index < -0.39 is 0 Å². The normalized spacial score (nSPS) is 12.9. The van der Waals surface area contributed by atoms with Gasteiger partial charge in [0.05, 0.1) is 23.1 Å². The standard InChI is InChI=1S/C15H24ClN5/c1-6-11-8-14(20(4)19-11)13(17-7-2)9-12-10(3)18-21(5)15(12)16/h8,13,17H,6-7,9H2,1-5H3. The second kappa shape index (κ2) is 6.62. The molecule has 0 saturated carbocycles. The van der Waals surface area contributed by atoms with Crippen molar-refractivity contribution in [2.75, 3.05) is 6.54 Å². The summed E-state index contributed by atoms with van der Waals surface area (Å²) in [5.41, 5.74) is 4.39. The van der Waals surface area contributed by atoms with Gasteiger partial charge in [-0.2, -0.15) is 10.2 Å². The number of aryl methyl sites for hydroxylation is 4. The first kappa shape index (κ1) is 16.0. The van der Waals surface area contributed by atoms with E-state index in [9.17, 15) is 0 Å². The Morgan fingerprint density at radius 1 is 1.24 bits per heavy atom. The number of nitrogens with zero attached hydrogens (tertiary/aromatic N) is 4. The molecule has 0 aromatic carbocycles. The average molecular weight is 310 g/mol. The fourth-order valence-electron chi connectivity index (χ4n) is 2.68. The zero-order valence-corrected chi connectivity index (χ0v) is 14.2. The molecular formula is C15H24ClN5. The summed E-state index contributed by atoms with van der Waals surface area (Å²) in [6.45, 7) is 7.14. The van der Waals surface area contributed by atoms with Gasteiger partial charge in [-0.3, -0.25) is 9.36 Å². The van der Waals surface area contributed by atoms with Crippen molar-refractivity contribution in [3.05, 3.63) is 33.9 Å². The Kier molecular flexibility index (Phi) is 5.06. The van der Waals surface area contributed by atoms with E-state index in [0.29, 0.717) is 5.15 Å². The molecule has 0 spiro atoms. The van der Waals surface area contributed by atoms with Crippen molar-refractivity contribution in [1.82, 2.24) is 24.9 Å². The van der Waals surface area contributed by atoms with E-state index in [1.54, 1.807) is 4.68 Å². The van der Waals surface area contributed by atoms with Gasteiger partial charge in [0.2, 0.25) is 0 Å². The second-order valence-electron chi connectivity index (χ2n) is 5.33. The van der Waals surface area contributed by atoms with Crippen LogP contribution < -0.4 is 5.32 Å². The molecule has 5 nitrogen and oxygen atoms in total. The molecule has 0 aliphatic carbocycles. The Bertz CT molecular complexity index is 614. The minimum atomic E-state index is 0.188. The topological polar surface area (TPSA) is 47.7 Å². The van der Waals surface area contributed by atoms with Gasteiger partial charge >= 0.3 is 0 Å². The van der Waals surface area contributed by atoms with Crippen LogP contribution in [0.1, 0.15) is 42.5 Å². The number of nitrogens with one attached hydrogen (secondary N) is 1. The quantitative estimate of drug-likeness (QED) is 0.892. The van der Waals surface area contributed by atoms with Crippen LogP contribution in [0.3, 0.4) is 0 Å².